The summed E-state index contributed by atoms with van der Waals surface area (Å²) in [4.78, 5) is 37.4. The van der Waals surface area contributed by atoms with Crippen LogP contribution in [0.5, 0.6) is 0 Å². The summed E-state index contributed by atoms with van der Waals surface area (Å²) in [5, 5.41) is 6.99. The van der Waals surface area contributed by atoms with Crippen LogP contribution in [0.1, 0.15) is 91.9 Å². The van der Waals surface area contributed by atoms with Crippen molar-refractivity contribution in [3.05, 3.63) is 0 Å². The molecule has 11 nitrogen and oxygen atoms in total. The van der Waals surface area contributed by atoms with Gasteiger partial charge < -0.3 is 20.5 Å². The average Bonchev–Trinajstić information content (AvgIpc) is 2.78. The van der Waals surface area contributed by atoms with Crippen LogP contribution < -0.4 is 16.0 Å². The molecule has 0 aliphatic carbocycles. The van der Waals surface area contributed by atoms with Crippen molar-refractivity contribution in [1.82, 2.24) is 16.0 Å². The lowest BCUT2D eigenvalue weighted by molar-refractivity contribution is -0.131. The van der Waals surface area contributed by atoms with Gasteiger partial charge >= 0.3 is 0 Å². The Kier molecular flexibility index (Phi) is 18.7. The molecular formula is C24H47N3O8S2. The maximum absolute atomic E-state index is 12.7. The number of carbonyl (C=O) groups is 3. The van der Waals surface area contributed by atoms with Crippen LogP contribution in [-0.2, 0) is 35.6 Å². The minimum atomic E-state index is -4.62. The number of hydrogen-bond acceptors (Lipinski definition) is 6. The first-order valence-corrected chi connectivity index (χ1v) is 16.1. The number of unbranched alkanes of at least 4 members (excludes halogenated alkanes) is 1. The predicted octanol–water partition coefficient (Wildman–Crippen LogP) is 2.39. The highest BCUT2D eigenvalue weighted by molar-refractivity contribution is 7.85. The molecule has 3 amide bonds. The molecule has 0 aromatic rings. The SMILES string of the molecule is CCCNC(=O)C(CS(=O)(=O)O)NC(=O)C(CS(=O)O)NC(=O)CCCCC(C)CC(CCC)CCC. The third kappa shape index (κ3) is 18.3. The Labute approximate surface area is 224 Å². The van der Waals surface area contributed by atoms with Gasteiger partial charge in [0.2, 0.25) is 17.7 Å². The number of nitrogens with one attached hydrogen (secondary N) is 3. The van der Waals surface area contributed by atoms with E-state index in [1.54, 1.807) is 6.92 Å². The van der Waals surface area contributed by atoms with Gasteiger partial charge in [0.05, 0.1) is 5.75 Å². The van der Waals surface area contributed by atoms with Crippen LogP contribution in [0.4, 0.5) is 0 Å². The summed E-state index contributed by atoms with van der Waals surface area (Å²) in [5.41, 5.74) is 0. The van der Waals surface area contributed by atoms with Gasteiger partial charge in [0.25, 0.3) is 10.1 Å². The average molecular weight is 570 g/mol. The van der Waals surface area contributed by atoms with Crippen molar-refractivity contribution >= 4 is 38.9 Å². The van der Waals surface area contributed by atoms with Crippen LogP contribution in [0, 0.1) is 11.8 Å². The zero-order valence-electron chi connectivity index (χ0n) is 22.7. The summed E-state index contributed by atoms with van der Waals surface area (Å²) in [5.74, 6) is -2.78. The quantitative estimate of drug-likeness (QED) is 0.0794. The lowest BCUT2D eigenvalue weighted by atomic mass is 9.86. The molecule has 4 unspecified atom stereocenters. The molecule has 0 aliphatic rings. The van der Waals surface area contributed by atoms with E-state index >= 15 is 0 Å². The second-order valence-corrected chi connectivity index (χ2v) is 12.2. The summed E-state index contributed by atoms with van der Waals surface area (Å²) < 4.78 is 52.4. The molecule has 37 heavy (non-hydrogen) atoms. The molecule has 0 saturated carbocycles. The molecule has 0 saturated heterocycles. The topological polar surface area (TPSA) is 179 Å². The summed E-state index contributed by atoms with van der Waals surface area (Å²) in [7, 11) is -4.62. The molecule has 0 aliphatic heterocycles. The maximum Gasteiger partial charge on any atom is 0.267 e. The van der Waals surface area contributed by atoms with Gasteiger partial charge in [-0.15, -0.1) is 0 Å². The van der Waals surface area contributed by atoms with Gasteiger partial charge in [-0.1, -0.05) is 66.2 Å². The molecule has 0 aromatic carbocycles. The molecule has 0 bridgehead atoms. The van der Waals surface area contributed by atoms with Crippen LogP contribution in [-0.4, -0.2) is 69.6 Å². The highest BCUT2D eigenvalue weighted by Crippen LogP contribution is 2.25. The van der Waals surface area contributed by atoms with Gasteiger partial charge in [-0.2, -0.15) is 8.42 Å². The standard InChI is InChI=1S/C24H47N3O8S2/c1-5-10-19(11-6-2)15-18(4)12-8-9-13-22(28)26-20(16-36(31)32)24(30)27-21(17-37(33,34)35)23(29)25-14-7-3/h18-21H,5-17H2,1-4H3,(H,25,29)(H,26,28)(H,27,30)(H,31,32)(H,33,34,35). The first-order chi connectivity index (χ1) is 17.3. The Morgan fingerprint density at radius 1 is 0.892 bits per heavy atom. The Morgan fingerprint density at radius 2 is 1.51 bits per heavy atom. The van der Waals surface area contributed by atoms with Gasteiger partial charge in [-0.05, 0) is 31.1 Å². The smallest absolute Gasteiger partial charge is 0.267 e. The van der Waals surface area contributed by atoms with Crippen LogP contribution in [0.3, 0.4) is 0 Å². The fraction of sp³-hybridized carbons (Fsp3) is 0.875. The molecule has 4 atom stereocenters. The van der Waals surface area contributed by atoms with E-state index < -0.39 is 62.5 Å². The third-order valence-electron chi connectivity index (χ3n) is 6.00. The molecular weight excluding hydrogens is 522 g/mol. The van der Waals surface area contributed by atoms with Gasteiger partial charge in [0.1, 0.15) is 17.8 Å². The van der Waals surface area contributed by atoms with E-state index in [-0.39, 0.29) is 13.0 Å². The first kappa shape index (κ1) is 35.4. The van der Waals surface area contributed by atoms with Crippen molar-refractivity contribution in [3.63, 3.8) is 0 Å². The van der Waals surface area contributed by atoms with Crippen molar-refractivity contribution in [3.8, 4) is 0 Å². The van der Waals surface area contributed by atoms with Crippen molar-refractivity contribution in [1.29, 1.82) is 0 Å². The number of rotatable bonds is 21. The Hall–Kier alpha value is -1.57. The molecule has 0 heterocycles. The molecule has 0 spiro atoms. The van der Waals surface area contributed by atoms with E-state index in [0.717, 1.165) is 25.2 Å². The van der Waals surface area contributed by atoms with Gasteiger partial charge in [-0.3, -0.25) is 18.9 Å². The monoisotopic (exact) mass is 569 g/mol. The molecule has 218 valence electrons. The molecule has 0 rings (SSSR count). The lowest BCUT2D eigenvalue weighted by Gasteiger charge is -2.22. The van der Waals surface area contributed by atoms with E-state index in [2.05, 4.69) is 36.7 Å². The fourth-order valence-corrected chi connectivity index (χ4v) is 5.47. The molecule has 0 fully saturated rings. The zero-order chi connectivity index (χ0) is 28.4. The summed E-state index contributed by atoms with van der Waals surface area (Å²) in [6, 6.07) is -3.09. The Bertz CT molecular complexity index is 817. The molecule has 5 N–H and O–H groups in total. The van der Waals surface area contributed by atoms with Crippen LogP contribution >= 0.6 is 0 Å². The first-order valence-electron chi connectivity index (χ1n) is 13.2. The number of carbonyl (C=O) groups excluding carboxylic acids is 3. The van der Waals surface area contributed by atoms with Gasteiger partial charge in [0, 0.05) is 13.0 Å². The predicted molar refractivity (Wildman–Crippen MR) is 145 cm³/mol. The van der Waals surface area contributed by atoms with Crippen LogP contribution in [0.25, 0.3) is 0 Å². The van der Waals surface area contributed by atoms with Crippen molar-refractivity contribution in [2.75, 3.05) is 18.1 Å². The molecule has 0 radical (unpaired) electrons. The second kappa shape index (κ2) is 19.5. The molecule has 13 heteroatoms. The lowest BCUT2D eigenvalue weighted by Crippen LogP contribution is -2.57. The van der Waals surface area contributed by atoms with Crippen LogP contribution in [0.15, 0.2) is 0 Å². The molecule has 0 aromatic heterocycles. The van der Waals surface area contributed by atoms with Gasteiger partial charge in [0.15, 0.2) is 11.1 Å². The highest BCUT2D eigenvalue weighted by atomic mass is 32.2. The van der Waals surface area contributed by atoms with Crippen molar-refractivity contribution in [2.45, 2.75) is 104 Å². The summed E-state index contributed by atoms with van der Waals surface area (Å²) in [6.45, 7) is 8.60. The van der Waals surface area contributed by atoms with E-state index in [0.29, 0.717) is 18.8 Å². The van der Waals surface area contributed by atoms with E-state index in [9.17, 15) is 31.6 Å². The third-order valence-corrected chi connectivity index (χ3v) is 7.37. The number of hydrogen-bond donors (Lipinski definition) is 5. The van der Waals surface area contributed by atoms with E-state index in [4.69, 9.17) is 4.55 Å². The Balaban J connectivity index is 4.93. The normalized spacial score (nSPS) is 15.0. The summed E-state index contributed by atoms with van der Waals surface area (Å²) >= 11 is -2.45. The van der Waals surface area contributed by atoms with Crippen molar-refractivity contribution < 1.29 is 36.1 Å². The summed E-state index contributed by atoms with van der Waals surface area (Å²) in [6.07, 6.45) is 9.02. The van der Waals surface area contributed by atoms with E-state index in [1.165, 1.54) is 25.7 Å². The Morgan fingerprint density at radius 3 is 2.03 bits per heavy atom. The number of amides is 3. The fourth-order valence-electron chi connectivity index (χ4n) is 4.29. The van der Waals surface area contributed by atoms with Crippen LogP contribution in [0.2, 0.25) is 0 Å². The zero-order valence-corrected chi connectivity index (χ0v) is 24.3. The minimum Gasteiger partial charge on any atom is -0.354 e. The second-order valence-electron chi connectivity index (χ2n) is 9.74. The van der Waals surface area contributed by atoms with Gasteiger partial charge in [-0.25, -0.2) is 4.21 Å². The highest BCUT2D eigenvalue weighted by Gasteiger charge is 2.30. The van der Waals surface area contributed by atoms with E-state index in [1.807, 2.05) is 0 Å². The largest absolute Gasteiger partial charge is 0.354 e. The maximum atomic E-state index is 12.7. The minimum absolute atomic E-state index is 0.118. The van der Waals surface area contributed by atoms with Crippen molar-refractivity contribution in [2.24, 2.45) is 11.8 Å².